The average Bonchev–Trinajstić information content (AvgIpc) is 2.66. The maximum absolute atomic E-state index is 2.58. The molecule has 0 bridgehead atoms. The second kappa shape index (κ2) is 16.5. The van der Waals surface area contributed by atoms with E-state index in [1.165, 1.54) is 70.6 Å². The molecule has 2 fully saturated rings. The Morgan fingerprint density at radius 3 is 1.38 bits per heavy atom. The maximum atomic E-state index is 2.58. The zero-order chi connectivity index (χ0) is 19.0. The first-order chi connectivity index (χ1) is 11.6. The van der Waals surface area contributed by atoms with Gasteiger partial charge in [0.15, 0.2) is 0 Å². The van der Waals surface area contributed by atoms with Gasteiger partial charge in [-0.1, -0.05) is 107 Å². The molecule has 0 aromatic heterocycles. The molecule has 0 aromatic rings. The Labute approximate surface area is 156 Å². The summed E-state index contributed by atoms with van der Waals surface area (Å²) in [6, 6.07) is 0. The van der Waals surface area contributed by atoms with Crippen LogP contribution in [0.25, 0.3) is 0 Å². The molecule has 148 valence electrons. The first-order valence-electron chi connectivity index (χ1n) is 11.6. The van der Waals surface area contributed by atoms with Crippen LogP contribution in [-0.4, -0.2) is 0 Å². The number of hydrogen-bond donors (Lipinski definition) is 0. The topological polar surface area (TPSA) is 0 Å². The van der Waals surface area contributed by atoms with Crippen molar-refractivity contribution >= 4 is 0 Å². The van der Waals surface area contributed by atoms with Crippen molar-refractivity contribution < 1.29 is 0 Å². The number of rotatable bonds is 3. The van der Waals surface area contributed by atoms with Gasteiger partial charge in [0.1, 0.15) is 0 Å². The standard InChI is InChI=1S/C17H32.C3H8.2C2H6/c1-4-14-10-12-16(13-11-14)17(2,3)15-8-6-5-7-9-15;1-3-2;2*1-2/h14-16H,4-13H2,1-3H3;3H2,1-2H3;2*1-2H3. The zero-order valence-corrected chi connectivity index (χ0v) is 19.0. The minimum Gasteiger partial charge on any atom is -0.0683 e. The van der Waals surface area contributed by atoms with Gasteiger partial charge in [0.05, 0.1) is 0 Å². The van der Waals surface area contributed by atoms with E-state index in [0.29, 0.717) is 5.41 Å². The molecule has 0 saturated heterocycles. The van der Waals surface area contributed by atoms with Gasteiger partial charge in [-0.15, -0.1) is 0 Å². The van der Waals surface area contributed by atoms with Crippen LogP contribution in [-0.2, 0) is 0 Å². The molecule has 0 unspecified atom stereocenters. The van der Waals surface area contributed by atoms with Gasteiger partial charge in [0.25, 0.3) is 0 Å². The first kappa shape index (κ1) is 26.2. The minimum absolute atomic E-state index is 0.624. The fraction of sp³-hybridized carbons (Fsp3) is 1.00. The second-order valence-corrected chi connectivity index (χ2v) is 7.99. The molecule has 0 N–H and O–H groups in total. The van der Waals surface area contributed by atoms with Crippen LogP contribution >= 0.6 is 0 Å². The molecule has 2 aliphatic rings. The Kier molecular flexibility index (Phi) is 18.0. The van der Waals surface area contributed by atoms with Gasteiger partial charge in [0.2, 0.25) is 0 Å². The fourth-order valence-electron chi connectivity index (χ4n) is 4.49. The average molecular weight is 341 g/mol. The van der Waals surface area contributed by atoms with Crippen LogP contribution in [0.5, 0.6) is 0 Å². The Morgan fingerprint density at radius 1 is 0.625 bits per heavy atom. The van der Waals surface area contributed by atoms with E-state index in [9.17, 15) is 0 Å². The number of hydrogen-bond acceptors (Lipinski definition) is 0. The van der Waals surface area contributed by atoms with E-state index in [4.69, 9.17) is 0 Å². The Morgan fingerprint density at radius 2 is 1.00 bits per heavy atom. The highest BCUT2D eigenvalue weighted by Crippen LogP contribution is 2.49. The van der Waals surface area contributed by atoms with Crippen LogP contribution in [0.4, 0.5) is 0 Å². The molecular formula is C24H52. The minimum atomic E-state index is 0.624. The first-order valence-corrected chi connectivity index (χ1v) is 11.6. The van der Waals surface area contributed by atoms with Crippen molar-refractivity contribution in [3.8, 4) is 0 Å². The van der Waals surface area contributed by atoms with Gasteiger partial charge in [0, 0.05) is 0 Å². The molecule has 0 amide bonds. The van der Waals surface area contributed by atoms with Crippen molar-refractivity contribution in [3.05, 3.63) is 0 Å². The molecule has 0 atom stereocenters. The molecule has 0 heteroatoms. The van der Waals surface area contributed by atoms with E-state index in [2.05, 4.69) is 34.6 Å². The van der Waals surface area contributed by atoms with E-state index in [1.807, 2.05) is 27.7 Å². The molecule has 2 aliphatic carbocycles. The summed E-state index contributed by atoms with van der Waals surface area (Å²) in [5.41, 5.74) is 0.624. The molecular weight excluding hydrogens is 288 g/mol. The van der Waals surface area contributed by atoms with Crippen LogP contribution in [0, 0.1) is 23.2 Å². The van der Waals surface area contributed by atoms with E-state index in [1.54, 1.807) is 0 Å². The third-order valence-corrected chi connectivity index (χ3v) is 6.13. The predicted molar refractivity (Wildman–Crippen MR) is 115 cm³/mol. The van der Waals surface area contributed by atoms with E-state index < -0.39 is 0 Å². The SMILES string of the molecule is CC.CC.CCC.CCC1CCC(C(C)(C)C2CCCCC2)CC1. The van der Waals surface area contributed by atoms with E-state index in [0.717, 1.165) is 17.8 Å². The van der Waals surface area contributed by atoms with Gasteiger partial charge in [-0.3, -0.25) is 0 Å². The Hall–Kier alpha value is 0. The third-order valence-electron chi connectivity index (χ3n) is 6.13. The monoisotopic (exact) mass is 340 g/mol. The predicted octanol–water partition coefficient (Wildman–Crippen LogP) is 9.28. The summed E-state index contributed by atoms with van der Waals surface area (Å²) in [5, 5.41) is 0. The van der Waals surface area contributed by atoms with Crippen LogP contribution in [0.15, 0.2) is 0 Å². The smallest absolute Gasteiger partial charge is 0.0298 e. The van der Waals surface area contributed by atoms with Crippen molar-refractivity contribution in [3.63, 3.8) is 0 Å². The lowest BCUT2D eigenvalue weighted by molar-refractivity contribution is 0.0476. The molecule has 24 heavy (non-hydrogen) atoms. The molecule has 0 aromatic carbocycles. The fourth-order valence-corrected chi connectivity index (χ4v) is 4.49. The van der Waals surface area contributed by atoms with Crippen molar-refractivity contribution in [1.82, 2.24) is 0 Å². The van der Waals surface area contributed by atoms with Crippen LogP contribution in [0.2, 0.25) is 0 Å². The van der Waals surface area contributed by atoms with Crippen LogP contribution in [0.1, 0.15) is 133 Å². The quantitative estimate of drug-likeness (QED) is 0.480. The molecule has 0 aliphatic heterocycles. The van der Waals surface area contributed by atoms with Crippen molar-refractivity contribution in [2.24, 2.45) is 23.2 Å². The van der Waals surface area contributed by atoms with E-state index in [-0.39, 0.29) is 0 Å². The largest absolute Gasteiger partial charge is 0.0683 e. The van der Waals surface area contributed by atoms with Gasteiger partial charge < -0.3 is 0 Å². The molecule has 2 rings (SSSR count). The molecule has 0 spiro atoms. The van der Waals surface area contributed by atoms with Crippen molar-refractivity contribution in [1.29, 1.82) is 0 Å². The van der Waals surface area contributed by atoms with Gasteiger partial charge in [-0.25, -0.2) is 0 Å². The lowest BCUT2D eigenvalue weighted by Gasteiger charge is -2.45. The molecule has 0 nitrogen and oxygen atoms in total. The Balaban J connectivity index is 0. The van der Waals surface area contributed by atoms with Crippen LogP contribution < -0.4 is 0 Å². The third kappa shape index (κ3) is 9.47. The van der Waals surface area contributed by atoms with Gasteiger partial charge in [-0.05, 0) is 48.9 Å². The van der Waals surface area contributed by atoms with Crippen LogP contribution in [0.3, 0.4) is 0 Å². The molecule has 0 heterocycles. The highest BCUT2D eigenvalue weighted by Gasteiger charge is 2.38. The summed E-state index contributed by atoms with van der Waals surface area (Å²) < 4.78 is 0. The van der Waals surface area contributed by atoms with Gasteiger partial charge in [-0.2, -0.15) is 0 Å². The van der Waals surface area contributed by atoms with Crippen molar-refractivity contribution in [2.75, 3.05) is 0 Å². The summed E-state index contributed by atoms with van der Waals surface area (Å²) in [7, 11) is 0. The summed E-state index contributed by atoms with van der Waals surface area (Å²) in [4.78, 5) is 0. The summed E-state index contributed by atoms with van der Waals surface area (Å²) in [5.74, 6) is 3.10. The highest BCUT2D eigenvalue weighted by atomic mass is 14.4. The molecule has 2 saturated carbocycles. The van der Waals surface area contributed by atoms with Gasteiger partial charge >= 0.3 is 0 Å². The van der Waals surface area contributed by atoms with E-state index >= 15 is 0 Å². The second-order valence-electron chi connectivity index (χ2n) is 7.99. The Bertz CT molecular complexity index is 226. The molecule has 0 radical (unpaired) electrons. The van der Waals surface area contributed by atoms with Crippen molar-refractivity contribution in [2.45, 2.75) is 133 Å². The zero-order valence-electron chi connectivity index (χ0n) is 19.0. The summed E-state index contributed by atoms with van der Waals surface area (Å²) in [6.07, 6.45) is 16.2. The lowest BCUT2D eigenvalue weighted by Crippen LogP contribution is -2.36. The maximum Gasteiger partial charge on any atom is -0.0298 e. The normalized spacial score (nSPS) is 24.4. The summed E-state index contributed by atoms with van der Waals surface area (Å²) >= 11 is 0. The summed E-state index contributed by atoms with van der Waals surface area (Å²) in [6.45, 7) is 19.8. The highest BCUT2D eigenvalue weighted by molar-refractivity contribution is 4.89. The lowest BCUT2D eigenvalue weighted by atomic mass is 9.60.